The van der Waals surface area contributed by atoms with Gasteiger partial charge >= 0.3 is 0 Å². The first kappa shape index (κ1) is 17.2. The topological polar surface area (TPSA) is 49.3 Å². The van der Waals surface area contributed by atoms with Crippen LogP contribution in [0.2, 0.25) is 5.15 Å². The van der Waals surface area contributed by atoms with Gasteiger partial charge in [0.25, 0.3) is 0 Å². The number of aromatic nitrogens is 1. The van der Waals surface area contributed by atoms with E-state index in [1.807, 2.05) is 6.07 Å². The minimum atomic E-state index is 0. The quantitative estimate of drug-likeness (QED) is 0.344. The number of thiophene rings is 1. The average Bonchev–Trinajstić information content (AvgIpc) is 2.94. The summed E-state index contributed by atoms with van der Waals surface area (Å²) in [5, 5.41) is 11.2. The largest absolute Gasteiger partial charge is 0.352 e. The summed E-state index contributed by atoms with van der Waals surface area (Å²) in [5.41, 5.74) is 2.31. The normalized spacial score (nSPS) is 10.8. The van der Waals surface area contributed by atoms with Crippen LogP contribution in [0.15, 0.2) is 40.1 Å². The molecule has 7 heteroatoms. The summed E-state index contributed by atoms with van der Waals surface area (Å²) in [6.07, 6.45) is 1.75. The fourth-order valence-corrected chi connectivity index (χ4v) is 2.28. The van der Waals surface area contributed by atoms with E-state index in [1.165, 1.54) is 5.56 Å². The Balaban J connectivity index is 0.00000200. The van der Waals surface area contributed by atoms with Crippen molar-refractivity contribution in [2.75, 3.05) is 7.05 Å². The van der Waals surface area contributed by atoms with Gasteiger partial charge in [-0.15, -0.1) is 24.0 Å². The van der Waals surface area contributed by atoms with Crippen molar-refractivity contribution in [3.8, 4) is 0 Å². The number of halogens is 2. The molecule has 0 fully saturated rings. The molecular formula is C13H16ClIN4S. The maximum absolute atomic E-state index is 5.74. The molecule has 0 aromatic carbocycles. The number of aliphatic imine (C=N–C) groups is 1. The van der Waals surface area contributed by atoms with E-state index in [1.54, 1.807) is 30.6 Å². The SMILES string of the molecule is CN=C(NCc1ccc(Cl)nc1)NCc1ccsc1.I. The number of nitrogens with zero attached hydrogens (tertiary/aromatic N) is 2. The number of nitrogens with one attached hydrogen (secondary N) is 2. The van der Waals surface area contributed by atoms with Crippen molar-refractivity contribution in [2.24, 2.45) is 4.99 Å². The monoisotopic (exact) mass is 422 g/mol. The molecule has 2 aromatic rings. The second-order valence-corrected chi connectivity index (χ2v) is 5.07. The maximum Gasteiger partial charge on any atom is 0.191 e. The third-order valence-electron chi connectivity index (χ3n) is 2.51. The Morgan fingerprint density at radius 2 is 2.00 bits per heavy atom. The molecule has 0 saturated carbocycles. The molecule has 0 bridgehead atoms. The van der Waals surface area contributed by atoms with E-state index in [0.29, 0.717) is 11.7 Å². The van der Waals surface area contributed by atoms with Crippen molar-refractivity contribution >= 4 is 52.9 Å². The fraction of sp³-hybridized carbons (Fsp3) is 0.231. The smallest absolute Gasteiger partial charge is 0.191 e. The number of rotatable bonds is 4. The molecule has 0 aliphatic rings. The van der Waals surface area contributed by atoms with Crippen LogP contribution in [-0.4, -0.2) is 18.0 Å². The van der Waals surface area contributed by atoms with E-state index >= 15 is 0 Å². The molecule has 0 aliphatic carbocycles. The molecule has 4 nitrogen and oxygen atoms in total. The van der Waals surface area contributed by atoms with Gasteiger partial charge in [0.2, 0.25) is 0 Å². The Bertz CT molecular complexity index is 528. The molecule has 0 saturated heterocycles. The highest BCUT2D eigenvalue weighted by molar-refractivity contribution is 14.0. The third kappa shape index (κ3) is 5.64. The van der Waals surface area contributed by atoms with Crippen molar-refractivity contribution in [1.29, 1.82) is 0 Å². The second kappa shape index (κ2) is 9.15. The summed E-state index contributed by atoms with van der Waals surface area (Å²) in [6.45, 7) is 1.43. The van der Waals surface area contributed by atoms with E-state index in [9.17, 15) is 0 Å². The standard InChI is InChI=1S/C13H15ClN4S.HI/c1-15-13(18-8-11-4-5-19-9-11)17-7-10-2-3-12(14)16-6-10;/h2-6,9H,7-8H2,1H3,(H2,15,17,18);1H. The van der Waals surface area contributed by atoms with Crippen LogP contribution in [0, 0.1) is 0 Å². The molecule has 2 heterocycles. The van der Waals surface area contributed by atoms with Gasteiger partial charge < -0.3 is 10.6 Å². The Hall–Kier alpha value is -0.860. The van der Waals surface area contributed by atoms with Crippen molar-refractivity contribution in [2.45, 2.75) is 13.1 Å². The zero-order chi connectivity index (χ0) is 13.5. The lowest BCUT2D eigenvalue weighted by molar-refractivity contribution is 0.808. The van der Waals surface area contributed by atoms with E-state index in [0.717, 1.165) is 18.1 Å². The number of guanidine groups is 1. The first-order chi connectivity index (χ1) is 9.28. The molecule has 2 N–H and O–H groups in total. The number of hydrogen-bond acceptors (Lipinski definition) is 3. The lowest BCUT2D eigenvalue weighted by atomic mass is 10.3. The van der Waals surface area contributed by atoms with Gasteiger partial charge in [0.1, 0.15) is 5.15 Å². The molecule has 0 unspecified atom stereocenters. The fourth-order valence-electron chi connectivity index (χ4n) is 1.50. The summed E-state index contributed by atoms with van der Waals surface area (Å²) in [5.74, 6) is 0.765. The van der Waals surface area contributed by atoms with Gasteiger partial charge in [-0.2, -0.15) is 11.3 Å². The van der Waals surface area contributed by atoms with Gasteiger partial charge in [0, 0.05) is 26.3 Å². The van der Waals surface area contributed by atoms with Gasteiger partial charge in [-0.3, -0.25) is 4.99 Å². The highest BCUT2D eigenvalue weighted by Crippen LogP contribution is 2.06. The van der Waals surface area contributed by atoms with Crippen LogP contribution in [0.3, 0.4) is 0 Å². The van der Waals surface area contributed by atoms with E-state index in [-0.39, 0.29) is 24.0 Å². The first-order valence-electron chi connectivity index (χ1n) is 5.84. The Morgan fingerprint density at radius 3 is 2.55 bits per heavy atom. The van der Waals surface area contributed by atoms with Crippen LogP contribution in [0.4, 0.5) is 0 Å². The predicted molar refractivity (Wildman–Crippen MR) is 96.0 cm³/mol. The van der Waals surface area contributed by atoms with Gasteiger partial charge in [0.05, 0.1) is 0 Å². The zero-order valence-corrected chi connectivity index (χ0v) is 14.9. The molecule has 2 rings (SSSR count). The summed E-state index contributed by atoms with van der Waals surface area (Å²) in [7, 11) is 1.75. The molecule has 108 valence electrons. The van der Waals surface area contributed by atoms with Gasteiger partial charge in [-0.05, 0) is 34.0 Å². The summed E-state index contributed by atoms with van der Waals surface area (Å²) >= 11 is 7.43. The van der Waals surface area contributed by atoms with Crippen LogP contribution in [0.5, 0.6) is 0 Å². The molecule has 0 amide bonds. The highest BCUT2D eigenvalue weighted by Gasteiger charge is 1.99. The molecule has 0 radical (unpaired) electrons. The molecular weight excluding hydrogens is 407 g/mol. The predicted octanol–water partition coefficient (Wildman–Crippen LogP) is 3.28. The van der Waals surface area contributed by atoms with Gasteiger partial charge in [-0.25, -0.2) is 4.98 Å². The Morgan fingerprint density at radius 1 is 1.25 bits per heavy atom. The average molecular weight is 423 g/mol. The minimum absolute atomic E-state index is 0. The van der Waals surface area contributed by atoms with Gasteiger partial charge in [0.15, 0.2) is 5.96 Å². The number of hydrogen-bond donors (Lipinski definition) is 2. The van der Waals surface area contributed by atoms with Crippen molar-refractivity contribution < 1.29 is 0 Å². The van der Waals surface area contributed by atoms with Gasteiger partial charge in [-0.1, -0.05) is 17.7 Å². The number of pyridine rings is 1. The van der Waals surface area contributed by atoms with E-state index in [4.69, 9.17) is 11.6 Å². The molecule has 0 aliphatic heterocycles. The summed E-state index contributed by atoms with van der Waals surface area (Å²) in [6, 6.07) is 5.81. The lowest BCUT2D eigenvalue weighted by Gasteiger charge is -2.11. The van der Waals surface area contributed by atoms with Crippen LogP contribution in [0.25, 0.3) is 0 Å². The minimum Gasteiger partial charge on any atom is -0.352 e. The maximum atomic E-state index is 5.74. The lowest BCUT2D eigenvalue weighted by Crippen LogP contribution is -2.36. The van der Waals surface area contributed by atoms with Crippen LogP contribution >= 0.6 is 46.9 Å². The Labute approximate surface area is 144 Å². The molecule has 20 heavy (non-hydrogen) atoms. The van der Waals surface area contributed by atoms with E-state index < -0.39 is 0 Å². The highest BCUT2D eigenvalue weighted by atomic mass is 127. The summed E-state index contributed by atoms with van der Waals surface area (Å²) in [4.78, 5) is 8.21. The van der Waals surface area contributed by atoms with Crippen LogP contribution in [-0.2, 0) is 13.1 Å². The van der Waals surface area contributed by atoms with Crippen molar-refractivity contribution in [3.63, 3.8) is 0 Å². The third-order valence-corrected chi connectivity index (χ3v) is 3.47. The van der Waals surface area contributed by atoms with Crippen LogP contribution < -0.4 is 10.6 Å². The molecule has 0 spiro atoms. The Kier molecular flexibility index (Phi) is 7.86. The molecule has 2 aromatic heterocycles. The molecule has 0 atom stereocenters. The van der Waals surface area contributed by atoms with Crippen molar-refractivity contribution in [3.05, 3.63) is 51.4 Å². The first-order valence-corrected chi connectivity index (χ1v) is 7.16. The zero-order valence-electron chi connectivity index (χ0n) is 11.0. The van der Waals surface area contributed by atoms with E-state index in [2.05, 4.69) is 37.4 Å². The van der Waals surface area contributed by atoms with Crippen LogP contribution in [0.1, 0.15) is 11.1 Å². The van der Waals surface area contributed by atoms with Crippen molar-refractivity contribution in [1.82, 2.24) is 15.6 Å². The second-order valence-electron chi connectivity index (χ2n) is 3.90. The summed E-state index contributed by atoms with van der Waals surface area (Å²) < 4.78 is 0.